The normalized spacial score (nSPS) is 11.1. The van der Waals surface area contributed by atoms with E-state index >= 15 is 0 Å². The van der Waals surface area contributed by atoms with Crippen molar-refractivity contribution in [1.82, 2.24) is 0 Å². The van der Waals surface area contributed by atoms with Crippen LogP contribution in [0.2, 0.25) is 0 Å². The third kappa shape index (κ3) is 4.80. The number of aryl methyl sites for hydroxylation is 4. The van der Waals surface area contributed by atoms with E-state index in [0.29, 0.717) is 18.1 Å². The van der Waals surface area contributed by atoms with Gasteiger partial charge in [0.1, 0.15) is 0 Å². The van der Waals surface area contributed by atoms with Gasteiger partial charge >= 0.3 is 5.97 Å². The first-order valence-electron chi connectivity index (χ1n) is 9.13. The molecule has 0 aliphatic heterocycles. The van der Waals surface area contributed by atoms with Gasteiger partial charge in [0.25, 0.3) is 0 Å². The number of carbonyl (C=O) groups is 2. The summed E-state index contributed by atoms with van der Waals surface area (Å²) >= 11 is 0. The van der Waals surface area contributed by atoms with E-state index < -0.39 is 0 Å². The molecule has 0 amide bonds. The quantitative estimate of drug-likeness (QED) is 0.352. The summed E-state index contributed by atoms with van der Waals surface area (Å²) in [5.41, 5.74) is 5.54. The Bertz CT molecular complexity index is 753. The van der Waals surface area contributed by atoms with Crippen molar-refractivity contribution in [1.29, 1.82) is 0 Å². The number of carbonyl (C=O) groups excluding carboxylic acids is 2. The van der Waals surface area contributed by atoms with Crippen LogP contribution in [-0.2, 0) is 17.4 Å². The average Bonchev–Trinajstić information content (AvgIpc) is 2.64. The second kappa shape index (κ2) is 9.64. The van der Waals surface area contributed by atoms with E-state index in [-0.39, 0.29) is 20.6 Å². The fourth-order valence-electron chi connectivity index (χ4n) is 3.19. The number of rotatable bonds is 8. The minimum Gasteiger partial charge on any atom is -0.445 e. The lowest BCUT2D eigenvalue weighted by molar-refractivity contribution is 0.0757. The molecule has 138 valence electrons. The molecule has 3 nitrogen and oxygen atoms in total. The van der Waals surface area contributed by atoms with Crippen molar-refractivity contribution in [2.45, 2.75) is 47.0 Å². The van der Waals surface area contributed by atoms with E-state index in [2.05, 4.69) is 13.8 Å². The van der Waals surface area contributed by atoms with E-state index in [1.807, 2.05) is 50.2 Å². The third-order valence-electron chi connectivity index (χ3n) is 4.58. The van der Waals surface area contributed by atoms with Crippen molar-refractivity contribution in [2.24, 2.45) is 0 Å². The van der Waals surface area contributed by atoms with Crippen molar-refractivity contribution in [2.75, 3.05) is 6.16 Å². The summed E-state index contributed by atoms with van der Waals surface area (Å²) in [6.45, 7) is 7.95. The average molecular weight is 370 g/mol. The highest BCUT2D eigenvalue weighted by atomic mass is 31.1. The Hall–Kier alpha value is -1.99. The molecular weight excluding hydrogens is 343 g/mol. The zero-order chi connectivity index (χ0) is 19.1. The van der Waals surface area contributed by atoms with Crippen LogP contribution >= 0.6 is 8.81 Å². The van der Waals surface area contributed by atoms with Crippen molar-refractivity contribution >= 4 is 20.6 Å². The van der Waals surface area contributed by atoms with Crippen LogP contribution in [-0.4, -0.2) is 17.9 Å². The molecule has 2 aromatic rings. The van der Waals surface area contributed by atoms with Gasteiger partial charge in [-0.25, -0.2) is 4.79 Å². The van der Waals surface area contributed by atoms with Gasteiger partial charge in [-0.05, 0) is 48.9 Å². The van der Waals surface area contributed by atoms with Gasteiger partial charge in [0.05, 0.1) is 14.4 Å². The molecule has 0 saturated carbocycles. The van der Waals surface area contributed by atoms with Gasteiger partial charge < -0.3 is 4.52 Å². The SMILES string of the molecule is CCc1cccc(CC)c1C(=O)CCPOC(=O)c1c(C)cccc1C. The summed E-state index contributed by atoms with van der Waals surface area (Å²) in [5.74, 6) is -0.149. The molecule has 1 atom stereocenters. The van der Waals surface area contributed by atoms with Crippen LogP contribution in [0.3, 0.4) is 0 Å². The molecule has 4 heteroatoms. The summed E-state index contributed by atoms with van der Waals surface area (Å²) in [7, 11) is -0.00700. The fourth-order valence-corrected chi connectivity index (χ4v) is 3.86. The maximum Gasteiger partial charge on any atom is 0.341 e. The molecule has 0 saturated heterocycles. The Balaban J connectivity index is 1.95. The number of benzene rings is 2. The van der Waals surface area contributed by atoms with Crippen LogP contribution in [0.4, 0.5) is 0 Å². The Morgan fingerprint density at radius 3 is 1.96 bits per heavy atom. The van der Waals surface area contributed by atoms with Crippen LogP contribution < -0.4 is 0 Å². The van der Waals surface area contributed by atoms with Crippen LogP contribution in [0, 0.1) is 13.8 Å². The number of ketones is 1. The Kier molecular flexibility index (Phi) is 7.53. The van der Waals surface area contributed by atoms with E-state index in [1.165, 1.54) is 0 Å². The van der Waals surface area contributed by atoms with Gasteiger partial charge in [0.15, 0.2) is 5.78 Å². The minimum absolute atomic E-state index is 0.00700. The highest BCUT2D eigenvalue weighted by molar-refractivity contribution is 7.33. The van der Waals surface area contributed by atoms with Crippen LogP contribution in [0.1, 0.15) is 63.2 Å². The summed E-state index contributed by atoms with van der Waals surface area (Å²) < 4.78 is 5.43. The molecule has 0 radical (unpaired) electrons. The van der Waals surface area contributed by atoms with Crippen molar-refractivity contribution in [3.63, 3.8) is 0 Å². The second-order valence-electron chi connectivity index (χ2n) is 6.38. The molecule has 0 spiro atoms. The lowest BCUT2D eigenvalue weighted by Crippen LogP contribution is -2.09. The van der Waals surface area contributed by atoms with Gasteiger partial charge in [-0.1, -0.05) is 50.2 Å². The molecule has 0 aliphatic rings. The molecule has 0 heterocycles. The van der Waals surface area contributed by atoms with Gasteiger partial charge in [-0.15, -0.1) is 0 Å². The van der Waals surface area contributed by atoms with Crippen LogP contribution in [0.25, 0.3) is 0 Å². The predicted octanol–water partition coefficient (Wildman–Crippen LogP) is 5.45. The first kappa shape index (κ1) is 20.3. The first-order valence-corrected chi connectivity index (χ1v) is 10.2. The predicted molar refractivity (Wildman–Crippen MR) is 109 cm³/mol. The molecule has 0 N–H and O–H groups in total. The standard InChI is InChI=1S/C22H27O3P/c1-5-17-11-8-12-18(6-2)21(17)19(23)13-14-26-25-22(24)20-15(3)9-7-10-16(20)4/h7-12,26H,5-6,13-14H2,1-4H3. The van der Waals surface area contributed by atoms with Crippen LogP contribution in [0.5, 0.6) is 0 Å². The maximum atomic E-state index is 12.7. The molecule has 0 bridgehead atoms. The lowest BCUT2D eigenvalue weighted by atomic mass is 9.93. The number of hydrogen-bond acceptors (Lipinski definition) is 3. The Morgan fingerprint density at radius 1 is 0.885 bits per heavy atom. The van der Waals surface area contributed by atoms with Gasteiger partial charge in [0.2, 0.25) is 0 Å². The largest absolute Gasteiger partial charge is 0.445 e. The maximum absolute atomic E-state index is 12.7. The molecule has 2 aromatic carbocycles. The third-order valence-corrected chi connectivity index (χ3v) is 5.37. The highest BCUT2D eigenvalue weighted by Gasteiger charge is 2.16. The monoisotopic (exact) mass is 370 g/mol. The van der Waals surface area contributed by atoms with Gasteiger partial charge in [-0.3, -0.25) is 4.79 Å². The van der Waals surface area contributed by atoms with Crippen LogP contribution in [0.15, 0.2) is 36.4 Å². The smallest absolute Gasteiger partial charge is 0.341 e. The second-order valence-corrected chi connectivity index (χ2v) is 7.38. The summed E-state index contributed by atoms with van der Waals surface area (Å²) in [6.07, 6.45) is 2.66. The molecule has 0 aromatic heterocycles. The van der Waals surface area contributed by atoms with Gasteiger partial charge in [0, 0.05) is 18.1 Å². The number of hydrogen-bond donors (Lipinski definition) is 0. The highest BCUT2D eigenvalue weighted by Crippen LogP contribution is 2.24. The summed E-state index contributed by atoms with van der Waals surface area (Å²) in [6, 6.07) is 11.8. The van der Waals surface area contributed by atoms with E-state index in [1.54, 1.807) is 0 Å². The molecule has 26 heavy (non-hydrogen) atoms. The van der Waals surface area contributed by atoms with E-state index in [0.717, 1.165) is 40.7 Å². The number of Topliss-reactive ketones (excluding diaryl/α,β-unsaturated/α-hetero) is 1. The van der Waals surface area contributed by atoms with E-state index in [9.17, 15) is 9.59 Å². The van der Waals surface area contributed by atoms with E-state index in [4.69, 9.17) is 4.52 Å². The topological polar surface area (TPSA) is 43.4 Å². The molecule has 0 fully saturated rings. The molecule has 0 aliphatic carbocycles. The zero-order valence-electron chi connectivity index (χ0n) is 16.0. The zero-order valence-corrected chi connectivity index (χ0v) is 17.0. The molecular formula is C22H27O3P. The minimum atomic E-state index is -0.297. The Labute approximate surface area is 158 Å². The molecule has 2 rings (SSSR count). The summed E-state index contributed by atoms with van der Waals surface area (Å²) in [4.78, 5) is 25.0. The lowest BCUT2D eigenvalue weighted by Gasteiger charge is -2.12. The van der Waals surface area contributed by atoms with Gasteiger partial charge in [-0.2, -0.15) is 0 Å². The van der Waals surface area contributed by atoms with Crippen molar-refractivity contribution in [3.8, 4) is 0 Å². The molecule has 1 unspecified atom stereocenters. The fraction of sp³-hybridized carbons (Fsp3) is 0.364. The van der Waals surface area contributed by atoms with Crippen molar-refractivity contribution < 1.29 is 14.1 Å². The Morgan fingerprint density at radius 2 is 1.42 bits per heavy atom. The summed E-state index contributed by atoms with van der Waals surface area (Å²) in [5, 5.41) is 0. The van der Waals surface area contributed by atoms with Crippen molar-refractivity contribution in [3.05, 3.63) is 69.8 Å². The first-order chi connectivity index (χ1) is 12.5.